The largest absolute Gasteiger partial charge is 0.491 e. The average molecular weight is 531 g/mol. The van der Waals surface area contributed by atoms with Crippen LogP contribution in [0.1, 0.15) is 51.0 Å². The number of likely N-dealkylation sites (tertiary alicyclic amines) is 2. The van der Waals surface area contributed by atoms with E-state index in [2.05, 4.69) is 43.7 Å². The Morgan fingerprint density at radius 2 is 1.90 bits per heavy atom. The molecule has 1 aromatic carbocycles. The van der Waals surface area contributed by atoms with Crippen molar-refractivity contribution in [3.63, 3.8) is 0 Å². The van der Waals surface area contributed by atoms with Crippen molar-refractivity contribution in [3.8, 4) is 16.9 Å². The maximum absolute atomic E-state index is 9.36. The molecule has 0 amide bonds. The molecule has 4 saturated heterocycles. The normalized spacial score (nSPS) is 33.8. The van der Waals surface area contributed by atoms with Gasteiger partial charge in [-0.25, -0.2) is 9.97 Å². The summed E-state index contributed by atoms with van der Waals surface area (Å²) in [6.07, 6.45) is 12.3. The maximum atomic E-state index is 9.36. The molecule has 9 nitrogen and oxygen atoms in total. The first-order chi connectivity index (χ1) is 19.1. The number of nitrogens with zero attached hydrogens (tertiary/aromatic N) is 5. The molecule has 206 valence electrons. The third kappa shape index (κ3) is 3.96. The fraction of sp³-hybridized carbons (Fsp3) is 0.600. The number of aliphatic hydroxyl groups is 1. The highest BCUT2D eigenvalue weighted by Gasteiger charge is 2.49. The SMILES string of the molecule is Nc1ncnc2c1c(-c1cccc(OCC34CCC(CC3)O4)c1)cn2C1CC(N2CC3CC2CN3CCO)C1. The highest BCUT2D eigenvalue weighted by atomic mass is 16.6. The van der Waals surface area contributed by atoms with Crippen molar-refractivity contribution in [2.75, 3.05) is 38.6 Å². The summed E-state index contributed by atoms with van der Waals surface area (Å²) in [7, 11) is 0. The standard InChI is InChI=1S/C30H38N6O3/c31-28-27-26(19-2-1-3-25(10-19)38-17-30-6-4-24(39-30)5-7-30)16-36(29(27)33-18-32-28)21-11-20(12-21)35-15-22-13-23(35)14-34(22)8-9-37/h1-3,10,16,18,20-24,37H,4-9,11-15,17H2,(H2,31,32,33). The van der Waals surface area contributed by atoms with Gasteiger partial charge in [0.05, 0.1) is 18.1 Å². The van der Waals surface area contributed by atoms with Crippen molar-refractivity contribution in [1.82, 2.24) is 24.3 Å². The summed E-state index contributed by atoms with van der Waals surface area (Å²) < 4.78 is 14.9. The number of hydrogen-bond acceptors (Lipinski definition) is 8. The molecule has 1 aliphatic carbocycles. The van der Waals surface area contributed by atoms with Gasteiger partial charge in [-0.1, -0.05) is 12.1 Å². The van der Waals surface area contributed by atoms with E-state index >= 15 is 0 Å². The number of rotatable bonds is 8. The molecule has 5 aliphatic rings. The van der Waals surface area contributed by atoms with Crippen LogP contribution < -0.4 is 10.5 Å². The van der Waals surface area contributed by atoms with Gasteiger partial charge < -0.3 is 24.9 Å². The minimum atomic E-state index is -0.0955. The Kier molecular flexibility index (Phi) is 5.66. The van der Waals surface area contributed by atoms with Gasteiger partial charge in [0.25, 0.3) is 0 Å². The first-order valence-corrected chi connectivity index (χ1v) is 14.7. The molecule has 4 aliphatic heterocycles. The van der Waals surface area contributed by atoms with Gasteiger partial charge in [-0.3, -0.25) is 9.80 Å². The molecule has 1 saturated carbocycles. The van der Waals surface area contributed by atoms with Crippen molar-refractivity contribution >= 4 is 16.9 Å². The third-order valence-corrected chi connectivity index (χ3v) is 10.3. The van der Waals surface area contributed by atoms with Crippen LogP contribution in [0.2, 0.25) is 0 Å². The fourth-order valence-electron chi connectivity index (χ4n) is 8.15. The van der Waals surface area contributed by atoms with Gasteiger partial charge in [0.15, 0.2) is 0 Å². The van der Waals surface area contributed by atoms with Crippen molar-refractivity contribution in [1.29, 1.82) is 0 Å². The molecule has 39 heavy (non-hydrogen) atoms. The van der Waals surface area contributed by atoms with Crippen molar-refractivity contribution in [3.05, 3.63) is 36.8 Å². The first kappa shape index (κ1) is 24.1. The summed E-state index contributed by atoms with van der Waals surface area (Å²) in [6.45, 7) is 3.91. The molecule has 2 atom stereocenters. The van der Waals surface area contributed by atoms with Crippen LogP contribution in [0, 0.1) is 0 Å². The zero-order valence-corrected chi connectivity index (χ0v) is 22.4. The van der Waals surface area contributed by atoms with Crippen LogP contribution in [-0.4, -0.2) is 92.1 Å². The second-order valence-corrected chi connectivity index (χ2v) is 12.5. The second-order valence-electron chi connectivity index (χ2n) is 12.5. The van der Waals surface area contributed by atoms with E-state index in [1.54, 1.807) is 6.33 Å². The Labute approximate surface area is 228 Å². The first-order valence-electron chi connectivity index (χ1n) is 14.7. The van der Waals surface area contributed by atoms with Gasteiger partial charge >= 0.3 is 0 Å². The van der Waals surface area contributed by atoms with E-state index < -0.39 is 0 Å². The molecule has 2 aromatic heterocycles. The Balaban J connectivity index is 1.02. The van der Waals surface area contributed by atoms with Gasteiger partial charge in [-0.05, 0) is 62.6 Å². The molecule has 3 N–H and O–H groups in total. The van der Waals surface area contributed by atoms with Crippen molar-refractivity contribution in [2.24, 2.45) is 0 Å². The number of nitrogen functional groups attached to an aromatic ring is 1. The lowest BCUT2D eigenvalue weighted by Crippen LogP contribution is -2.54. The number of aliphatic hydroxyl groups excluding tert-OH is 1. The molecule has 2 unspecified atom stereocenters. The number of β-amino-alcohol motifs (C(OH)–C–C–N with tert-alkyl or cyclic N) is 1. The average Bonchev–Trinajstić information content (AvgIpc) is 3.74. The number of piperazine rings is 1. The van der Waals surface area contributed by atoms with Crippen LogP contribution in [0.5, 0.6) is 5.75 Å². The third-order valence-electron chi connectivity index (χ3n) is 10.3. The molecule has 9 heteroatoms. The maximum Gasteiger partial charge on any atom is 0.146 e. The minimum Gasteiger partial charge on any atom is -0.491 e. The smallest absolute Gasteiger partial charge is 0.146 e. The van der Waals surface area contributed by atoms with E-state index in [0.29, 0.717) is 42.7 Å². The Morgan fingerprint density at radius 1 is 1.05 bits per heavy atom. The zero-order chi connectivity index (χ0) is 26.1. The molecule has 5 fully saturated rings. The molecule has 0 radical (unpaired) electrons. The second kappa shape index (κ2) is 9.16. The topological polar surface area (TPSA) is 102 Å². The zero-order valence-electron chi connectivity index (χ0n) is 22.4. The van der Waals surface area contributed by atoms with Crippen LogP contribution in [0.4, 0.5) is 5.82 Å². The van der Waals surface area contributed by atoms with Gasteiger partial charge in [0.1, 0.15) is 35.7 Å². The predicted molar refractivity (Wildman–Crippen MR) is 149 cm³/mol. The van der Waals surface area contributed by atoms with Gasteiger partial charge in [0.2, 0.25) is 0 Å². The molecule has 6 heterocycles. The van der Waals surface area contributed by atoms with E-state index in [-0.39, 0.29) is 12.2 Å². The number of benzene rings is 1. The Hall–Kier alpha value is -2.72. The van der Waals surface area contributed by atoms with Crippen molar-refractivity contribution in [2.45, 2.75) is 80.8 Å². The van der Waals surface area contributed by atoms with Crippen LogP contribution in [0.25, 0.3) is 22.2 Å². The molecule has 8 rings (SSSR count). The van der Waals surface area contributed by atoms with E-state index in [9.17, 15) is 5.11 Å². The van der Waals surface area contributed by atoms with Crippen LogP contribution in [0.15, 0.2) is 36.8 Å². The number of anilines is 1. The number of nitrogens with two attached hydrogens (primary N) is 1. The summed E-state index contributed by atoms with van der Waals surface area (Å²) in [5.41, 5.74) is 9.41. The number of fused-ring (bicyclic) bond motifs is 5. The Bertz CT molecular complexity index is 1380. The van der Waals surface area contributed by atoms with Crippen LogP contribution in [0.3, 0.4) is 0 Å². The molecule has 3 aromatic rings. The van der Waals surface area contributed by atoms with Gasteiger partial charge in [-0.15, -0.1) is 0 Å². The van der Waals surface area contributed by atoms with Crippen LogP contribution in [-0.2, 0) is 4.74 Å². The molecular formula is C30H38N6O3. The highest BCUT2D eigenvalue weighted by Crippen LogP contribution is 2.46. The number of ether oxygens (including phenoxy) is 2. The fourth-order valence-corrected chi connectivity index (χ4v) is 8.15. The van der Waals surface area contributed by atoms with Gasteiger partial charge in [0, 0.05) is 55.6 Å². The molecular weight excluding hydrogens is 492 g/mol. The number of hydrogen-bond donors (Lipinski definition) is 2. The van der Waals surface area contributed by atoms with Crippen molar-refractivity contribution < 1.29 is 14.6 Å². The minimum absolute atomic E-state index is 0.0955. The van der Waals surface area contributed by atoms with Crippen LogP contribution >= 0.6 is 0 Å². The summed E-state index contributed by atoms with van der Waals surface area (Å²) in [4.78, 5) is 14.2. The van der Waals surface area contributed by atoms with E-state index in [0.717, 1.165) is 86.1 Å². The lowest BCUT2D eigenvalue weighted by atomic mass is 9.84. The predicted octanol–water partition coefficient (Wildman–Crippen LogP) is 3.23. The monoisotopic (exact) mass is 530 g/mol. The lowest BCUT2D eigenvalue weighted by Gasteiger charge is -2.46. The lowest BCUT2D eigenvalue weighted by molar-refractivity contribution is -0.0198. The molecule has 4 bridgehead atoms. The van der Waals surface area contributed by atoms with E-state index in [1.807, 2.05) is 6.07 Å². The molecule has 0 spiro atoms. The summed E-state index contributed by atoms with van der Waals surface area (Å²) in [5.74, 6) is 1.38. The van der Waals surface area contributed by atoms with E-state index in [4.69, 9.17) is 20.2 Å². The highest BCUT2D eigenvalue weighted by molar-refractivity contribution is 6.00. The summed E-state index contributed by atoms with van der Waals surface area (Å²) in [5, 5.41) is 10.3. The Morgan fingerprint density at radius 3 is 2.64 bits per heavy atom. The number of aromatic nitrogens is 3. The van der Waals surface area contributed by atoms with Gasteiger partial charge in [-0.2, -0.15) is 0 Å². The van der Waals surface area contributed by atoms with E-state index in [1.165, 1.54) is 6.42 Å². The summed E-state index contributed by atoms with van der Waals surface area (Å²) >= 11 is 0. The quantitative estimate of drug-likeness (QED) is 0.458. The summed E-state index contributed by atoms with van der Waals surface area (Å²) in [6, 6.07) is 10.6.